The third-order valence-electron chi connectivity index (χ3n) is 4.21. The summed E-state index contributed by atoms with van der Waals surface area (Å²) >= 11 is 6.32. The molecule has 1 fully saturated rings. The Kier molecular flexibility index (Phi) is 5.87. The summed E-state index contributed by atoms with van der Waals surface area (Å²) in [6.45, 7) is 2.43. The van der Waals surface area contributed by atoms with Gasteiger partial charge in [0.05, 0.1) is 0 Å². The zero-order valence-electron chi connectivity index (χ0n) is 13.0. The Hall–Kier alpha value is -1.07. The first-order valence-corrected chi connectivity index (χ1v) is 9.63. The molecular formula is C16H23ClN2O2S. The predicted molar refractivity (Wildman–Crippen MR) is 91.9 cm³/mol. The van der Waals surface area contributed by atoms with Crippen molar-refractivity contribution in [2.75, 3.05) is 18.6 Å². The van der Waals surface area contributed by atoms with Gasteiger partial charge in [0, 0.05) is 45.8 Å². The summed E-state index contributed by atoms with van der Waals surface area (Å²) in [5.74, 6) is 0.461. The lowest BCUT2D eigenvalue weighted by Gasteiger charge is -2.43. The van der Waals surface area contributed by atoms with Crippen molar-refractivity contribution in [3.8, 4) is 0 Å². The number of benzene rings is 1. The Morgan fingerprint density at radius 3 is 2.64 bits per heavy atom. The topological polar surface area (TPSA) is 58.2 Å². The van der Waals surface area contributed by atoms with Gasteiger partial charge >= 0.3 is 6.03 Å². The quantitative estimate of drug-likeness (QED) is 0.835. The molecule has 0 spiro atoms. The van der Waals surface area contributed by atoms with E-state index in [1.165, 1.54) is 0 Å². The highest BCUT2D eigenvalue weighted by atomic mass is 35.5. The highest BCUT2D eigenvalue weighted by Crippen LogP contribution is 2.45. The van der Waals surface area contributed by atoms with Crippen molar-refractivity contribution >= 4 is 28.4 Å². The molecule has 6 heteroatoms. The number of hydrogen-bond donors (Lipinski definition) is 2. The molecule has 0 heterocycles. The molecule has 1 aromatic rings. The van der Waals surface area contributed by atoms with Crippen LogP contribution in [0.1, 0.15) is 31.7 Å². The van der Waals surface area contributed by atoms with E-state index < -0.39 is 10.8 Å². The van der Waals surface area contributed by atoms with Crippen molar-refractivity contribution in [2.45, 2.75) is 37.6 Å². The van der Waals surface area contributed by atoms with E-state index in [1.807, 2.05) is 31.2 Å². The molecule has 0 bridgehead atoms. The average Bonchev–Trinajstić information content (AvgIpc) is 2.38. The summed E-state index contributed by atoms with van der Waals surface area (Å²) in [5, 5.41) is 6.53. The zero-order valence-corrected chi connectivity index (χ0v) is 14.6. The van der Waals surface area contributed by atoms with Crippen LogP contribution in [0.15, 0.2) is 24.3 Å². The molecule has 1 aliphatic rings. The predicted octanol–water partition coefficient (Wildman–Crippen LogP) is 2.83. The summed E-state index contributed by atoms with van der Waals surface area (Å²) in [4.78, 5) is 12.0. The monoisotopic (exact) mass is 342 g/mol. The van der Waals surface area contributed by atoms with E-state index in [0.29, 0.717) is 12.3 Å². The summed E-state index contributed by atoms with van der Waals surface area (Å²) < 4.78 is 11.2. The van der Waals surface area contributed by atoms with E-state index in [4.69, 9.17) is 11.6 Å². The van der Waals surface area contributed by atoms with Crippen LogP contribution in [0.3, 0.4) is 0 Å². The standard InChI is InChI=1S/C16H23ClN2O2S/c1-12(10-22(2)21)19-15(20)18-11-16(8-5-9-16)13-6-3-4-7-14(13)17/h3-4,6-7,12H,5,8-11H2,1-2H3,(H2,18,19,20). The molecule has 0 aliphatic heterocycles. The zero-order chi connectivity index (χ0) is 16.2. The van der Waals surface area contributed by atoms with Crippen LogP contribution in [0.2, 0.25) is 5.02 Å². The highest BCUT2D eigenvalue weighted by Gasteiger charge is 2.40. The van der Waals surface area contributed by atoms with E-state index in [2.05, 4.69) is 10.6 Å². The number of carbonyl (C=O) groups excluding carboxylic acids is 1. The maximum absolute atomic E-state index is 12.0. The fourth-order valence-electron chi connectivity index (χ4n) is 2.95. The number of rotatable bonds is 6. The second kappa shape index (κ2) is 7.47. The van der Waals surface area contributed by atoms with Crippen molar-refractivity contribution in [1.82, 2.24) is 10.6 Å². The fraction of sp³-hybridized carbons (Fsp3) is 0.562. The van der Waals surface area contributed by atoms with Crippen molar-refractivity contribution < 1.29 is 9.00 Å². The van der Waals surface area contributed by atoms with Gasteiger partial charge in [-0.25, -0.2) is 4.79 Å². The van der Waals surface area contributed by atoms with E-state index in [0.717, 1.165) is 29.8 Å². The van der Waals surface area contributed by atoms with Gasteiger partial charge in [0.25, 0.3) is 0 Å². The van der Waals surface area contributed by atoms with Crippen LogP contribution < -0.4 is 10.6 Å². The Bertz CT molecular complexity index is 561. The molecule has 22 heavy (non-hydrogen) atoms. The summed E-state index contributed by atoms with van der Waals surface area (Å²) in [7, 11) is -0.916. The number of urea groups is 1. The minimum atomic E-state index is -0.916. The minimum Gasteiger partial charge on any atom is -0.337 e. The lowest BCUT2D eigenvalue weighted by atomic mass is 9.64. The number of halogens is 1. The van der Waals surface area contributed by atoms with Gasteiger partial charge < -0.3 is 10.6 Å². The summed E-state index contributed by atoms with van der Waals surface area (Å²) in [5.41, 5.74) is 1.07. The normalized spacial score (nSPS) is 18.9. The Labute approximate surface area is 139 Å². The molecule has 2 unspecified atom stereocenters. The number of carbonyl (C=O) groups is 1. The Morgan fingerprint density at radius 2 is 2.09 bits per heavy atom. The van der Waals surface area contributed by atoms with Gasteiger partial charge in [0.1, 0.15) is 0 Å². The molecule has 2 N–H and O–H groups in total. The first kappa shape index (κ1) is 17.3. The molecule has 122 valence electrons. The highest BCUT2D eigenvalue weighted by molar-refractivity contribution is 7.84. The second-order valence-corrected chi connectivity index (χ2v) is 7.97. The lowest BCUT2D eigenvalue weighted by Crippen LogP contribution is -2.50. The molecule has 0 aromatic heterocycles. The maximum Gasteiger partial charge on any atom is 0.315 e. The van der Waals surface area contributed by atoms with Crippen LogP contribution >= 0.6 is 11.6 Å². The minimum absolute atomic E-state index is 0.0491. The second-order valence-electron chi connectivity index (χ2n) is 6.08. The van der Waals surface area contributed by atoms with Crippen molar-refractivity contribution in [3.63, 3.8) is 0 Å². The van der Waals surface area contributed by atoms with Crippen molar-refractivity contribution in [3.05, 3.63) is 34.9 Å². The molecule has 0 radical (unpaired) electrons. The summed E-state index contributed by atoms with van der Waals surface area (Å²) in [6.07, 6.45) is 4.85. The number of hydrogen-bond acceptors (Lipinski definition) is 2. The summed E-state index contributed by atoms with van der Waals surface area (Å²) in [6, 6.07) is 7.53. The van der Waals surface area contributed by atoms with E-state index in [-0.39, 0.29) is 17.5 Å². The molecule has 1 aromatic carbocycles. The molecule has 2 amide bonds. The van der Waals surface area contributed by atoms with Crippen LogP contribution in [0, 0.1) is 0 Å². The Morgan fingerprint density at radius 1 is 1.41 bits per heavy atom. The maximum atomic E-state index is 12.0. The lowest BCUT2D eigenvalue weighted by molar-refractivity contribution is 0.213. The molecule has 1 aliphatic carbocycles. The molecule has 2 atom stereocenters. The first-order chi connectivity index (χ1) is 10.4. The van der Waals surface area contributed by atoms with Crippen LogP contribution in [-0.4, -0.2) is 34.8 Å². The smallest absolute Gasteiger partial charge is 0.315 e. The van der Waals surface area contributed by atoms with Gasteiger partial charge in [0.15, 0.2) is 0 Å². The number of nitrogens with one attached hydrogen (secondary N) is 2. The van der Waals surface area contributed by atoms with Gasteiger partial charge in [-0.05, 0) is 31.4 Å². The third kappa shape index (κ3) is 4.23. The van der Waals surface area contributed by atoms with Crippen molar-refractivity contribution in [1.29, 1.82) is 0 Å². The van der Waals surface area contributed by atoms with Gasteiger partial charge in [-0.2, -0.15) is 0 Å². The molecular weight excluding hydrogens is 320 g/mol. The van der Waals surface area contributed by atoms with Gasteiger partial charge in [-0.1, -0.05) is 36.2 Å². The molecule has 2 rings (SSSR count). The third-order valence-corrected chi connectivity index (χ3v) is 5.50. The molecule has 0 saturated heterocycles. The van der Waals surface area contributed by atoms with Crippen molar-refractivity contribution in [2.24, 2.45) is 0 Å². The van der Waals surface area contributed by atoms with E-state index >= 15 is 0 Å². The largest absolute Gasteiger partial charge is 0.337 e. The van der Waals surface area contributed by atoms with Crippen LogP contribution in [0.25, 0.3) is 0 Å². The number of amides is 2. The van der Waals surface area contributed by atoms with Crippen LogP contribution in [0.5, 0.6) is 0 Å². The van der Waals surface area contributed by atoms with Crippen LogP contribution in [0.4, 0.5) is 4.79 Å². The van der Waals surface area contributed by atoms with Gasteiger partial charge in [0.2, 0.25) is 0 Å². The molecule has 1 saturated carbocycles. The SMILES string of the molecule is CC(CS(C)=O)NC(=O)NCC1(c2ccccc2Cl)CCC1. The average molecular weight is 343 g/mol. The van der Waals surface area contributed by atoms with Crippen LogP contribution in [-0.2, 0) is 16.2 Å². The van der Waals surface area contributed by atoms with E-state index in [1.54, 1.807) is 6.26 Å². The molecule has 4 nitrogen and oxygen atoms in total. The van der Waals surface area contributed by atoms with Gasteiger partial charge in [-0.15, -0.1) is 0 Å². The fourth-order valence-corrected chi connectivity index (χ4v) is 4.08. The first-order valence-electron chi connectivity index (χ1n) is 7.52. The Balaban J connectivity index is 1.93. The van der Waals surface area contributed by atoms with E-state index in [9.17, 15) is 9.00 Å². The van der Waals surface area contributed by atoms with Gasteiger partial charge in [-0.3, -0.25) is 4.21 Å².